The van der Waals surface area contributed by atoms with E-state index in [1.807, 2.05) is 72.8 Å². The second-order valence-electron chi connectivity index (χ2n) is 6.50. The standard InChI is InChI=1S/C24H20N2OS/c27-23(17-28-24-15-14-19-10-4-6-12-21(19)26-24)25-22-13-7-5-11-20(22)16-18-8-2-1-3-9-18/h1-15H,16-17H2,(H,25,27). The highest BCUT2D eigenvalue weighted by molar-refractivity contribution is 7.99. The van der Waals surface area contributed by atoms with Crippen molar-refractivity contribution in [3.8, 4) is 0 Å². The number of aromatic nitrogens is 1. The minimum absolute atomic E-state index is 0.0273. The van der Waals surface area contributed by atoms with Gasteiger partial charge in [-0.15, -0.1) is 0 Å². The molecule has 138 valence electrons. The van der Waals surface area contributed by atoms with Gasteiger partial charge in [0.15, 0.2) is 0 Å². The molecule has 4 heteroatoms. The second-order valence-corrected chi connectivity index (χ2v) is 7.49. The molecule has 0 bridgehead atoms. The SMILES string of the molecule is O=C(CSc1ccc2ccccc2n1)Nc1ccccc1Cc1ccccc1. The predicted molar refractivity (Wildman–Crippen MR) is 117 cm³/mol. The van der Waals surface area contributed by atoms with Gasteiger partial charge in [0.05, 0.1) is 16.3 Å². The Morgan fingerprint density at radius 3 is 2.46 bits per heavy atom. The molecule has 3 nitrogen and oxygen atoms in total. The van der Waals surface area contributed by atoms with Crippen molar-refractivity contribution >= 4 is 34.3 Å². The van der Waals surface area contributed by atoms with Gasteiger partial charge in [0, 0.05) is 11.1 Å². The van der Waals surface area contributed by atoms with Crippen molar-refractivity contribution in [2.24, 2.45) is 0 Å². The molecule has 1 aromatic heterocycles. The fourth-order valence-corrected chi connectivity index (χ4v) is 3.74. The van der Waals surface area contributed by atoms with Crippen molar-refractivity contribution in [1.29, 1.82) is 0 Å². The third-order valence-electron chi connectivity index (χ3n) is 4.45. The topological polar surface area (TPSA) is 42.0 Å². The summed E-state index contributed by atoms with van der Waals surface area (Å²) in [5.74, 6) is 0.297. The van der Waals surface area contributed by atoms with Crippen molar-refractivity contribution in [3.63, 3.8) is 0 Å². The van der Waals surface area contributed by atoms with E-state index in [2.05, 4.69) is 28.5 Å². The molecule has 1 heterocycles. The lowest BCUT2D eigenvalue weighted by Gasteiger charge is -2.11. The number of nitrogens with zero attached hydrogens (tertiary/aromatic N) is 1. The number of hydrogen-bond acceptors (Lipinski definition) is 3. The van der Waals surface area contributed by atoms with Gasteiger partial charge < -0.3 is 5.32 Å². The summed E-state index contributed by atoms with van der Waals surface area (Å²) in [6.07, 6.45) is 0.788. The first-order valence-corrected chi connectivity index (χ1v) is 10.2. The number of carbonyl (C=O) groups excluding carboxylic acids is 1. The number of nitrogens with one attached hydrogen (secondary N) is 1. The van der Waals surface area contributed by atoms with Gasteiger partial charge in [-0.05, 0) is 35.7 Å². The number of carbonyl (C=O) groups is 1. The summed E-state index contributed by atoms with van der Waals surface area (Å²) in [6.45, 7) is 0. The van der Waals surface area contributed by atoms with Gasteiger partial charge in [-0.3, -0.25) is 4.79 Å². The molecule has 0 unspecified atom stereocenters. The van der Waals surface area contributed by atoms with Crippen LogP contribution in [0.2, 0.25) is 0 Å². The first-order chi connectivity index (χ1) is 13.8. The van der Waals surface area contributed by atoms with Crippen molar-refractivity contribution < 1.29 is 4.79 Å². The molecule has 0 saturated heterocycles. The highest BCUT2D eigenvalue weighted by Crippen LogP contribution is 2.22. The zero-order chi connectivity index (χ0) is 19.2. The maximum Gasteiger partial charge on any atom is 0.234 e. The molecule has 1 amide bonds. The summed E-state index contributed by atoms with van der Waals surface area (Å²) >= 11 is 1.45. The highest BCUT2D eigenvalue weighted by Gasteiger charge is 2.09. The van der Waals surface area contributed by atoms with Gasteiger partial charge in [-0.1, -0.05) is 84.6 Å². The molecule has 4 aromatic rings. The molecule has 0 aliphatic carbocycles. The molecule has 3 aromatic carbocycles. The minimum Gasteiger partial charge on any atom is -0.325 e. The van der Waals surface area contributed by atoms with Crippen LogP contribution in [0, 0.1) is 0 Å². The summed E-state index contributed by atoms with van der Waals surface area (Å²) in [7, 11) is 0. The van der Waals surface area contributed by atoms with E-state index in [-0.39, 0.29) is 5.91 Å². The van der Waals surface area contributed by atoms with Gasteiger partial charge in [0.25, 0.3) is 0 Å². The van der Waals surface area contributed by atoms with E-state index in [1.165, 1.54) is 17.3 Å². The van der Waals surface area contributed by atoms with Gasteiger partial charge >= 0.3 is 0 Å². The zero-order valence-electron chi connectivity index (χ0n) is 15.3. The third-order valence-corrected chi connectivity index (χ3v) is 5.38. The third kappa shape index (κ3) is 4.59. The van der Waals surface area contributed by atoms with Crippen LogP contribution in [-0.4, -0.2) is 16.6 Å². The van der Waals surface area contributed by atoms with Gasteiger partial charge in [-0.25, -0.2) is 4.98 Å². The van der Waals surface area contributed by atoms with Crippen LogP contribution < -0.4 is 5.32 Å². The van der Waals surface area contributed by atoms with Crippen LogP contribution in [0.1, 0.15) is 11.1 Å². The quantitative estimate of drug-likeness (QED) is 0.443. The number of anilines is 1. The number of para-hydroxylation sites is 2. The Hall–Kier alpha value is -3.11. The van der Waals surface area contributed by atoms with Crippen molar-refractivity contribution in [2.45, 2.75) is 11.4 Å². The van der Waals surface area contributed by atoms with E-state index in [4.69, 9.17) is 0 Å². The average Bonchev–Trinajstić information content (AvgIpc) is 2.74. The molecule has 4 rings (SSSR count). The molecular formula is C24H20N2OS. The van der Waals surface area contributed by atoms with Crippen LogP contribution in [0.3, 0.4) is 0 Å². The zero-order valence-corrected chi connectivity index (χ0v) is 16.2. The molecule has 0 fully saturated rings. The van der Waals surface area contributed by atoms with E-state index in [1.54, 1.807) is 0 Å². The van der Waals surface area contributed by atoms with Gasteiger partial charge in [-0.2, -0.15) is 0 Å². The average molecular weight is 385 g/mol. The first-order valence-electron chi connectivity index (χ1n) is 9.18. The van der Waals surface area contributed by atoms with Crippen LogP contribution >= 0.6 is 11.8 Å². The molecule has 0 aliphatic heterocycles. The Kier molecular flexibility index (Phi) is 5.69. The molecule has 1 N–H and O–H groups in total. The fourth-order valence-electron chi connectivity index (χ4n) is 3.07. The Morgan fingerprint density at radius 1 is 0.821 bits per heavy atom. The smallest absolute Gasteiger partial charge is 0.234 e. The maximum absolute atomic E-state index is 12.5. The monoisotopic (exact) mass is 384 g/mol. The van der Waals surface area contributed by atoms with Crippen molar-refractivity contribution in [1.82, 2.24) is 4.98 Å². The number of benzene rings is 3. The van der Waals surface area contributed by atoms with Crippen LogP contribution in [0.25, 0.3) is 10.9 Å². The number of amides is 1. The Labute approximate surface area is 168 Å². The van der Waals surface area contributed by atoms with E-state index >= 15 is 0 Å². The van der Waals surface area contributed by atoms with Crippen LogP contribution in [0.4, 0.5) is 5.69 Å². The lowest BCUT2D eigenvalue weighted by atomic mass is 10.0. The van der Waals surface area contributed by atoms with Crippen molar-refractivity contribution in [3.05, 3.63) is 102 Å². The molecule has 0 radical (unpaired) electrons. The van der Waals surface area contributed by atoms with Crippen LogP contribution in [0.15, 0.2) is 96.0 Å². The maximum atomic E-state index is 12.5. The van der Waals surface area contributed by atoms with Crippen molar-refractivity contribution in [2.75, 3.05) is 11.1 Å². The lowest BCUT2D eigenvalue weighted by Crippen LogP contribution is -2.15. The van der Waals surface area contributed by atoms with E-state index < -0.39 is 0 Å². The second kappa shape index (κ2) is 8.72. The number of fused-ring (bicyclic) bond motifs is 1. The van der Waals surface area contributed by atoms with Crippen LogP contribution in [0.5, 0.6) is 0 Å². The minimum atomic E-state index is -0.0273. The van der Waals surface area contributed by atoms with Crippen LogP contribution in [-0.2, 0) is 11.2 Å². The first kappa shape index (κ1) is 18.3. The van der Waals surface area contributed by atoms with E-state index in [0.29, 0.717) is 5.75 Å². The predicted octanol–water partition coefficient (Wildman–Crippen LogP) is 5.56. The lowest BCUT2D eigenvalue weighted by molar-refractivity contribution is -0.113. The Balaban J connectivity index is 1.41. The largest absolute Gasteiger partial charge is 0.325 e. The summed E-state index contributed by atoms with van der Waals surface area (Å²) in [4.78, 5) is 17.1. The van der Waals surface area contributed by atoms with E-state index in [9.17, 15) is 4.79 Å². The molecule has 28 heavy (non-hydrogen) atoms. The normalized spacial score (nSPS) is 10.7. The Bertz CT molecular complexity index is 1100. The van der Waals surface area contributed by atoms with Gasteiger partial charge in [0.1, 0.15) is 0 Å². The summed E-state index contributed by atoms with van der Waals surface area (Å²) in [5, 5.41) is 5.01. The fraction of sp³-hybridized carbons (Fsp3) is 0.0833. The molecule has 0 atom stereocenters. The number of rotatable bonds is 6. The summed E-state index contributed by atoms with van der Waals surface area (Å²) < 4.78 is 0. The van der Waals surface area contributed by atoms with Gasteiger partial charge in [0.2, 0.25) is 5.91 Å². The summed E-state index contributed by atoms with van der Waals surface area (Å²) in [5.41, 5.74) is 4.14. The number of thioether (sulfide) groups is 1. The highest BCUT2D eigenvalue weighted by atomic mass is 32.2. The molecule has 0 aliphatic rings. The number of pyridine rings is 1. The summed E-state index contributed by atoms with van der Waals surface area (Å²) in [6, 6.07) is 30.2. The Morgan fingerprint density at radius 2 is 1.57 bits per heavy atom. The number of hydrogen-bond donors (Lipinski definition) is 1. The molecular weight excluding hydrogens is 364 g/mol. The molecule has 0 saturated carbocycles. The van der Waals surface area contributed by atoms with E-state index in [0.717, 1.165) is 33.6 Å². The molecule has 0 spiro atoms.